The third-order valence-electron chi connectivity index (χ3n) is 2.02. The van der Waals surface area contributed by atoms with Crippen LogP contribution in [0.5, 0.6) is 0 Å². The minimum Gasteiger partial charge on any atom is -0.338 e. The quantitative estimate of drug-likeness (QED) is 0.791. The number of nitrogens with zero attached hydrogens (tertiary/aromatic N) is 2. The minimum atomic E-state index is -0.167. The van der Waals surface area contributed by atoms with Crippen LogP contribution in [0.25, 0.3) is 0 Å². The van der Waals surface area contributed by atoms with Crippen molar-refractivity contribution in [3.8, 4) is 0 Å². The Morgan fingerprint density at radius 2 is 2.27 bits per heavy atom. The van der Waals surface area contributed by atoms with Gasteiger partial charge in [-0.25, -0.2) is 4.79 Å². The summed E-state index contributed by atoms with van der Waals surface area (Å²) in [6.45, 7) is 4.72. The topological polar surface area (TPSA) is 59.0 Å². The number of rotatable bonds is 4. The van der Waals surface area contributed by atoms with Gasteiger partial charge >= 0.3 is 6.03 Å². The lowest BCUT2D eigenvalue weighted by molar-refractivity contribution is 0.252. The van der Waals surface area contributed by atoms with Gasteiger partial charge in [0.25, 0.3) is 0 Å². The van der Waals surface area contributed by atoms with E-state index in [4.69, 9.17) is 0 Å². The van der Waals surface area contributed by atoms with E-state index in [2.05, 4.69) is 15.7 Å². The Kier molecular flexibility index (Phi) is 4.15. The van der Waals surface area contributed by atoms with Gasteiger partial charge in [0.2, 0.25) is 0 Å². The molecule has 1 rings (SSSR count). The lowest BCUT2D eigenvalue weighted by Gasteiger charge is -2.05. The molecule has 5 heteroatoms. The summed E-state index contributed by atoms with van der Waals surface area (Å²) in [6, 6.07) is -0.167. The van der Waals surface area contributed by atoms with E-state index in [1.54, 1.807) is 4.68 Å². The molecule has 1 heterocycles. The van der Waals surface area contributed by atoms with Gasteiger partial charge in [0.1, 0.15) is 0 Å². The van der Waals surface area contributed by atoms with Crippen molar-refractivity contribution in [3.05, 3.63) is 11.9 Å². The van der Waals surface area contributed by atoms with Gasteiger partial charge < -0.3 is 10.6 Å². The molecule has 2 amide bonds. The summed E-state index contributed by atoms with van der Waals surface area (Å²) in [7, 11) is 1.84. The fraction of sp³-hybridized carbons (Fsp3) is 0.600. The van der Waals surface area contributed by atoms with E-state index in [9.17, 15) is 4.79 Å². The number of urea groups is 1. The lowest BCUT2D eigenvalue weighted by Crippen LogP contribution is -2.29. The molecule has 0 spiro atoms. The highest BCUT2D eigenvalue weighted by Gasteiger charge is 2.08. The Morgan fingerprint density at radius 1 is 1.53 bits per heavy atom. The fourth-order valence-corrected chi connectivity index (χ4v) is 1.31. The first-order valence-corrected chi connectivity index (χ1v) is 5.24. The Morgan fingerprint density at radius 3 is 2.87 bits per heavy atom. The zero-order valence-corrected chi connectivity index (χ0v) is 9.50. The summed E-state index contributed by atoms with van der Waals surface area (Å²) in [5.41, 5.74) is 1.69. The number of amides is 2. The molecule has 0 aliphatic heterocycles. The molecule has 84 valence electrons. The van der Waals surface area contributed by atoms with Gasteiger partial charge in [0.15, 0.2) is 0 Å². The molecule has 0 unspecified atom stereocenters. The van der Waals surface area contributed by atoms with Crippen molar-refractivity contribution in [2.75, 3.05) is 11.9 Å². The second-order valence-electron chi connectivity index (χ2n) is 3.40. The molecule has 0 aliphatic rings. The number of hydrogen-bond donors (Lipinski definition) is 2. The van der Waals surface area contributed by atoms with Crippen molar-refractivity contribution in [1.82, 2.24) is 15.1 Å². The van der Waals surface area contributed by atoms with Gasteiger partial charge in [-0.3, -0.25) is 4.68 Å². The average molecular weight is 210 g/mol. The van der Waals surface area contributed by atoms with Crippen molar-refractivity contribution < 1.29 is 4.79 Å². The van der Waals surface area contributed by atoms with Gasteiger partial charge in [0.05, 0.1) is 11.4 Å². The molecule has 15 heavy (non-hydrogen) atoms. The van der Waals surface area contributed by atoms with Crippen LogP contribution >= 0.6 is 0 Å². The number of anilines is 1. The van der Waals surface area contributed by atoms with Gasteiger partial charge in [-0.1, -0.05) is 13.8 Å². The van der Waals surface area contributed by atoms with Crippen LogP contribution in [0.15, 0.2) is 6.20 Å². The van der Waals surface area contributed by atoms with E-state index < -0.39 is 0 Å². The molecule has 1 aromatic rings. The highest BCUT2D eigenvalue weighted by Crippen LogP contribution is 2.12. The molecule has 2 N–H and O–H groups in total. The Bertz CT molecular complexity index is 332. The van der Waals surface area contributed by atoms with Gasteiger partial charge in [-0.2, -0.15) is 5.10 Å². The van der Waals surface area contributed by atoms with Crippen LogP contribution in [0.3, 0.4) is 0 Å². The summed E-state index contributed by atoms with van der Waals surface area (Å²) in [5.74, 6) is 0. The maximum Gasteiger partial charge on any atom is 0.319 e. The van der Waals surface area contributed by atoms with Crippen molar-refractivity contribution in [2.24, 2.45) is 7.05 Å². The first kappa shape index (κ1) is 11.6. The van der Waals surface area contributed by atoms with E-state index in [1.807, 2.05) is 27.1 Å². The highest BCUT2D eigenvalue weighted by atomic mass is 16.2. The second-order valence-corrected chi connectivity index (χ2v) is 3.40. The Balaban J connectivity index is 2.59. The molecule has 0 aliphatic carbocycles. The Hall–Kier alpha value is -1.52. The first-order chi connectivity index (χ1) is 7.17. The third kappa shape index (κ3) is 3.27. The van der Waals surface area contributed by atoms with Crippen LogP contribution in [-0.4, -0.2) is 22.4 Å². The fourth-order valence-electron chi connectivity index (χ4n) is 1.31. The third-order valence-corrected chi connectivity index (χ3v) is 2.02. The SMILES string of the molecule is CCCNC(=O)Nc1cn(C)nc1CC. The number of aryl methyl sites for hydroxylation is 2. The zero-order valence-electron chi connectivity index (χ0n) is 9.50. The monoisotopic (exact) mass is 210 g/mol. The maximum atomic E-state index is 11.4. The van der Waals surface area contributed by atoms with Crippen molar-refractivity contribution in [1.29, 1.82) is 0 Å². The molecule has 0 bridgehead atoms. The van der Waals surface area contributed by atoms with E-state index in [1.165, 1.54) is 0 Å². The molecule has 0 fully saturated rings. The van der Waals surface area contributed by atoms with Crippen molar-refractivity contribution in [3.63, 3.8) is 0 Å². The number of aromatic nitrogens is 2. The van der Waals surface area contributed by atoms with E-state index in [0.29, 0.717) is 6.54 Å². The number of nitrogens with one attached hydrogen (secondary N) is 2. The molecule has 0 atom stereocenters. The van der Waals surface area contributed by atoms with Crippen LogP contribution in [0, 0.1) is 0 Å². The average Bonchev–Trinajstić information content (AvgIpc) is 2.55. The summed E-state index contributed by atoms with van der Waals surface area (Å²) < 4.78 is 1.70. The van der Waals surface area contributed by atoms with Crippen LogP contribution in [-0.2, 0) is 13.5 Å². The van der Waals surface area contributed by atoms with Crippen molar-refractivity contribution in [2.45, 2.75) is 26.7 Å². The molecule has 0 saturated carbocycles. The standard InChI is InChI=1S/C10H18N4O/c1-4-6-11-10(15)12-9-7-14(3)13-8(9)5-2/h7H,4-6H2,1-3H3,(H2,11,12,15). The van der Waals surface area contributed by atoms with Gasteiger partial charge in [-0.05, 0) is 12.8 Å². The van der Waals surface area contributed by atoms with Crippen LogP contribution < -0.4 is 10.6 Å². The smallest absolute Gasteiger partial charge is 0.319 e. The summed E-state index contributed by atoms with van der Waals surface area (Å²) >= 11 is 0. The van der Waals surface area contributed by atoms with E-state index in [0.717, 1.165) is 24.2 Å². The van der Waals surface area contributed by atoms with Crippen LogP contribution in [0.2, 0.25) is 0 Å². The maximum absolute atomic E-state index is 11.4. The lowest BCUT2D eigenvalue weighted by atomic mass is 10.3. The Labute approximate surface area is 89.9 Å². The predicted octanol–water partition coefficient (Wildman–Crippen LogP) is 1.51. The summed E-state index contributed by atoms with van der Waals surface area (Å²) in [6.07, 6.45) is 3.55. The van der Waals surface area contributed by atoms with Crippen LogP contribution in [0.4, 0.5) is 10.5 Å². The predicted molar refractivity (Wildman–Crippen MR) is 59.9 cm³/mol. The zero-order chi connectivity index (χ0) is 11.3. The van der Waals surface area contributed by atoms with Crippen molar-refractivity contribution >= 4 is 11.7 Å². The minimum absolute atomic E-state index is 0.167. The molecular weight excluding hydrogens is 192 g/mol. The molecule has 0 aromatic carbocycles. The number of hydrogen-bond acceptors (Lipinski definition) is 2. The van der Waals surface area contributed by atoms with Crippen LogP contribution in [0.1, 0.15) is 26.0 Å². The van der Waals surface area contributed by atoms with Gasteiger partial charge in [-0.15, -0.1) is 0 Å². The first-order valence-electron chi connectivity index (χ1n) is 5.24. The molecule has 0 radical (unpaired) electrons. The van der Waals surface area contributed by atoms with Gasteiger partial charge in [0, 0.05) is 19.8 Å². The number of carbonyl (C=O) groups is 1. The number of carbonyl (C=O) groups excluding carboxylic acids is 1. The van der Waals surface area contributed by atoms with E-state index >= 15 is 0 Å². The second kappa shape index (κ2) is 5.38. The molecular formula is C10H18N4O. The summed E-state index contributed by atoms with van der Waals surface area (Å²) in [4.78, 5) is 11.4. The molecule has 0 saturated heterocycles. The largest absolute Gasteiger partial charge is 0.338 e. The van der Waals surface area contributed by atoms with E-state index in [-0.39, 0.29) is 6.03 Å². The molecule has 5 nitrogen and oxygen atoms in total. The highest BCUT2D eigenvalue weighted by molar-refractivity contribution is 5.89. The normalized spacial score (nSPS) is 10.1. The summed E-state index contributed by atoms with van der Waals surface area (Å²) in [5, 5.41) is 9.77. The molecule has 1 aromatic heterocycles.